The average molecular weight is 290 g/mol. The zero-order valence-corrected chi connectivity index (χ0v) is 12.3. The standard InChI is InChI=1S/C16H22N2O3/c1-2-12-7-3-4-8-13(12)11-17-15(21)18-16(14(19)20)9-5-6-10-16/h3-4,7-8H,2,5-6,9-11H2,1H3,(H,19,20)(H2,17,18,21). The smallest absolute Gasteiger partial charge is 0.329 e. The SMILES string of the molecule is CCc1ccccc1CNC(=O)NC1(C(=O)O)CCCC1. The molecule has 0 radical (unpaired) electrons. The molecule has 0 unspecified atom stereocenters. The molecular formula is C16H22N2O3. The van der Waals surface area contributed by atoms with E-state index in [1.165, 1.54) is 5.56 Å². The van der Waals surface area contributed by atoms with Crippen molar-refractivity contribution in [3.8, 4) is 0 Å². The first-order valence-electron chi connectivity index (χ1n) is 7.43. The molecule has 5 nitrogen and oxygen atoms in total. The van der Waals surface area contributed by atoms with E-state index in [1.807, 2.05) is 24.3 Å². The third-order valence-electron chi connectivity index (χ3n) is 4.16. The van der Waals surface area contributed by atoms with Crippen LogP contribution < -0.4 is 10.6 Å². The number of aryl methyl sites for hydroxylation is 1. The Morgan fingerprint density at radius 2 is 1.81 bits per heavy atom. The van der Waals surface area contributed by atoms with Gasteiger partial charge in [0.15, 0.2) is 0 Å². The molecule has 1 aromatic carbocycles. The highest BCUT2D eigenvalue weighted by Gasteiger charge is 2.42. The molecule has 0 heterocycles. The maximum absolute atomic E-state index is 12.0. The van der Waals surface area contributed by atoms with Gasteiger partial charge in [0.05, 0.1) is 0 Å². The number of benzene rings is 1. The van der Waals surface area contributed by atoms with E-state index < -0.39 is 17.5 Å². The molecule has 1 aliphatic rings. The van der Waals surface area contributed by atoms with Gasteiger partial charge in [-0.1, -0.05) is 44.0 Å². The summed E-state index contributed by atoms with van der Waals surface area (Å²) >= 11 is 0. The zero-order valence-electron chi connectivity index (χ0n) is 12.3. The molecular weight excluding hydrogens is 268 g/mol. The maximum Gasteiger partial charge on any atom is 0.329 e. The van der Waals surface area contributed by atoms with Crippen LogP contribution in [0.15, 0.2) is 24.3 Å². The summed E-state index contributed by atoms with van der Waals surface area (Å²) in [5, 5.41) is 14.8. The molecule has 0 aliphatic heterocycles. The van der Waals surface area contributed by atoms with Crippen LogP contribution in [0.5, 0.6) is 0 Å². The fourth-order valence-corrected chi connectivity index (χ4v) is 2.88. The Kier molecular flexibility index (Phi) is 4.83. The van der Waals surface area contributed by atoms with E-state index in [0.717, 1.165) is 24.8 Å². The van der Waals surface area contributed by atoms with E-state index in [4.69, 9.17) is 0 Å². The summed E-state index contributed by atoms with van der Waals surface area (Å²) in [7, 11) is 0. The number of carboxylic acid groups (broad SMARTS) is 1. The number of carbonyl (C=O) groups is 2. The van der Waals surface area contributed by atoms with Crippen LogP contribution in [0.25, 0.3) is 0 Å². The van der Waals surface area contributed by atoms with Crippen LogP contribution >= 0.6 is 0 Å². The fourth-order valence-electron chi connectivity index (χ4n) is 2.88. The van der Waals surface area contributed by atoms with E-state index >= 15 is 0 Å². The number of aliphatic carboxylic acids is 1. The number of carboxylic acids is 1. The number of hydrogen-bond acceptors (Lipinski definition) is 2. The van der Waals surface area contributed by atoms with E-state index in [0.29, 0.717) is 19.4 Å². The summed E-state index contributed by atoms with van der Waals surface area (Å²) in [5.41, 5.74) is 1.16. The minimum absolute atomic E-state index is 0.408. The van der Waals surface area contributed by atoms with Gasteiger partial charge in [-0.25, -0.2) is 9.59 Å². The third-order valence-corrected chi connectivity index (χ3v) is 4.16. The number of hydrogen-bond donors (Lipinski definition) is 3. The fraction of sp³-hybridized carbons (Fsp3) is 0.500. The van der Waals surface area contributed by atoms with Gasteiger partial charge in [-0.3, -0.25) is 0 Å². The van der Waals surface area contributed by atoms with Crippen LogP contribution in [-0.4, -0.2) is 22.6 Å². The Hall–Kier alpha value is -2.04. The number of rotatable bonds is 5. The molecule has 2 rings (SSSR count). The Bertz CT molecular complexity index is 522. The third kappa shape index (κ3) is 3.54. The van der Waals surface area contributed by atoms with Crippen molar-refractivity contribution < 1.29 is 14.7 Å². The van der Waals surface area contributed by atoms with Crippen LogP contribution in [0.1, 0.15) is 43.7 Å². The molecule has 2 amide bonds. The first-order valence-corrected chi connectivity index (χ1v) is 7.43. The van der Waals surface area contributed by atoms with E-state index in [1.54, 1.807) is 0 Å². The van der Waals surface area contributed by atoms with Crippen LogP contribution in [0.2, 0.25) is 0 Å². The highest BCUT2D eigenvalue weighted by atomic mass is 16.4. The maximum atomic E-state index is 12.0. The molecule has 0 spiro atoms. The highest BCUT2D eigenvalue weighted by Crippen LogP contribution is 2.29. The van der Waals surface area contributed by atoms with Crippen molar-refractivity contribution in [2.24, 2.45) is 0 Å². The van der Waals surface area contributed by atoms with Gasteiger partial charge in [0.25, 0.3) is 0 Å². The minimum atomic E-state index is -1.09. The molecule has 0 saturated heterocycles. The lowest BCUT2D eigenvalue weighted by atomic mass is 9.98. The summed E-state index contributed by atoms with van der Waals surface area (Å²) in [6, 6.07) is 7.50. The molecule has 1 aromatic rings. The minimum Gasteiger partial charge on any atom is -0.480 e. The van der Waals surface area contributed by atoms with Crippen LogP contribution in [0, 0.1) is 0 Å². The Morgan fingerprint density at radius 3 is 2.38 bits per heavy atom. The van der Waals surface area contributed by atoms with Gasteiger partial charge in [-0.2, -0.15) is 0 Å². The van der Waals surface area contributed by atoms with Gasteiger partial charge in [-0.05, 0) is 30.4 Å². The van der Waals surface area contributed by atoms with Crippen molar-refractivity contribution in [2.75, 3.05) is 0 Å². The van der Waals surface area contributed by atoms with Gasteiger partial charge >= 0.3 is 12.0 Å². The first kappa shape index (κ1) is 15.4. The molecule has 0 bridgehead atoms. The largest absolute Gasteiger partial charge is 0.480 e. The van der Waals surface area contributed by atoms with E-state index in [9.17, 15) is 14.7 Å². The molecule has 1 fully saturated rings. The van der Waals surface area contributed by atoms with Gasteiger partial charge < -0.3 is 15.7 Å². The molecule has 114 valence electrons. The Balaban J connectivity index is 1.94. The number of amides is 2. The van der Waals surface area contributed by atoms with E-state index in [2.05, 4.69) is 17.6 Å². The lowest BCUT2D eigenvalue weighted by Crippen LogP contribution is -2.55. The summed E-state index contributed by atoms with van der Waals surface area (Å²) in [4.78, 5) is 23.4. The predicted octanol–water partition coefficient (Wildman–Crippen LogP) is 2.45. The lowest BCUT2D eigenvalue weighted by Gasteiger charge is -2.25. The first-order chi connectivity index (χ1) is 10.1. The Labute approximate surface area is 124 Å². The van der Waals surface area contributed by atoms with Crippen LogP contribution in [0.3, 0.4) is 0 Å². The summed E-state index contributed by atoms with van der Waals surface area (Å²) in [5.74, 6) is -0.941. The lowest BCUT2D eigenvalue weighted by molar-refractivity contribution is -0.144. The predicted molar refractivity (Wildman–Crippen MR) is 80.0 cm³/mol. The van der Waals surface area contributed by atoms with Crippen molar-refractivity contribution in [3.05, 3.63) is 35.4 Å². The molecule has 3 N–H and O–H groups in total. The van der Waals surface area contributed by atoms with Gasteiger partial charge in [0.2, 0.25) is 0 Å². The van der Waals surface area contributed by atoms with Crippen molar-refractivity contribution in [1.29, 1.82) is 0 Å². The van der Waals surface area contributed by atoms with Crippen molar-refractivity contribution in [1.82, 2.24) is 10.6 Å². The molecule has 0 aromatic heterocycles. The number of nitrogens with one attached hydrogen (secondary N) is 2. The molecule has 5 heteroatoms. The van der Waals surface area contributed by atoms with Gasteiger partial charge in [0, 0.05) is 6.54 Å². The molecule has 21 heavy (non-hydrogen) atoms. The van der Waals surface area contributed by atoms with Crippen molar-refractivity contribution >= 4 is 12.0 Å². The van der Waals surface area contributed by atoms with Gasteiger partial charge in [-0.15, -0.1) is 0 Å². The number of urea groups is 1. The normalized spacial score (nSPS) is 16.4. The second-order valence-electron chi connectivity index (χ2n) is 5.52. The molecule has 1 aliphatic carbocycles. The summed E-state index contributed by atoms with van der Waals surface area (Å²) in [6.45, 7) is 2.47. The second kappa shape index (κ2) is 6.61. The zero-order chi connectivity index (χ0) is 15.3. The molecule has 0 atom stereocenters. The van der Waals surface area contributed by atoms with Crippen LogP contribution in [0.4, 0.5) is 4.79 Å². The van der Waals surface area contributed by atoms with Gasteiger partial charge in [0.1, 0.15) is 5.54 Å². The summed E-state index contributed by atoms with van der Waals surface area (Å²) < 4.78 is 0. The van der Waals surface area contributed by atoms with Crippen molar-refractivity contribution in [2.45, 2.75) is 51.1 Å². The quantitative estimate of drug-likeness (QED) is 0.779. The van der Waals surface area contributed by atoms with Crippen LogP contribution in [-0.2, 0) is 17.8 Å². The van der Waals surface area contributed by atoms with Crippen molar-refractivity contribution in [3.63, 3.8) is 0 Å². The monoisotopic (exact) mass is 290 g/mol. The summed E-state index contributed by atoms with van der Waals surface area (Å²) in [6.07, 6.45) is 3.58. The second-order valence-corrected chi connectivity index (χ2v) is 5.52. The number of carbonyl (C=O) groups excluding carboxylic acids is 1. The van der Waals surface area contributed by atoms with E-state index in [-0.39, 0.29) is 0 Å². The Morgan fingerprint density at radius 1 is 1.19 bits per heavy atom. The topological polar surface area (TPSA) is 78.4 Å². The average Bonchev–Trinajstić information content (AvgIpc) is 2.95. The molecule has 1 saturated carbocycles. The highest BCUT2D eigenvalue weighted by molar-refractivity contribution is 5.86.